The summed E-state index contributed by atoms with van der Waals surface area (Å²) in [6, 6.07) is 12.8. The molecule has 3 aromatic rings. The second kappa shape index (κ2) is 10.7. The van der Waals surface area contributed by atoms with Gasteiger partial charge in [-0.3, -0.25) is 4.79 Å². The fourth-order valence-electron chi connectivity index (χ4n) is 3.66. The number of hydrogen-bond acceptors (Lipinski definition) is 3. The van der Waals surface area contributed by atoms with Crippen molar-refractivity contribution in [3.63, 3.8) is 0 Å². The lowest BCUT2D eigenvalue weighted by molar-refractivity contribution is 0.194. The Labute approximate surface area is 194 Å². The quantitative estimate of drug-likeness (QED) is 0.493. The normalized spacial score (nSPS) is 11.2. The molecule has 0 aliphatic rings. The maximum absolute atomic E-state index is 13.2. The van der Waals surface area contributed by atoms with Gasteiger partial charge in [0.25, 0.3) is 5.56 Å². The number of hydrogen-bond donors (Lipinski definition) is 2. The Morgan fingerprint density at radius 2 is 1.72 bits per heavy atom. The highest BCUT2D eigenvalue weighted by Gasteiger charge is 2.18. The smallest absolute Gasteiger partial charge is 0.322 e. The van der Waals surface area contributed by atoms with Crippen molar-refractivity contribution >= 4 is 34.2 Å². The van der Waals surface area contributed by atoms with Crippen molar-refractivity contribution in [2.24, 2.45) is 0 Å². The lowest BCUT2D eigenvalue weighted by Gasteiger charge is -2.27. The van der Waals surface area contributed by atoms with Gasteiger partial charge in [0.05, 0.1) is 17.3 Å². The highest BCUT2D eigenvalue weighted by Crippen LogP contribution is 2.22. The Morgan fingerprint density at radius 3 is 2.41 bits per heavy atom. The highest BCUT2D eigenvalue weighted by atomic mass is 35.5. The SMILES string of the molecule is CCN(CC)CCN(Cc1cc2cc(C)c(C)cc2[nH]c1=O)C(=O)Nc1ccccc1Cl. The largest absolute Gasteiger partial charge is 0.322 e. The van der Waals surface area contributed by atoms with Gasteiger partial charge in [-0.05, 0) is 73.8 Å². The molecule has 0 saturated carbocycles. The van der Waals surface area contributed by atoms with Gasteiger partial charge >= 0.3 is 6.03 Å². The lowest BCUT2D eigenvalue weighted by Crippen LogP contribution is -2.41. The van der Waals surface area contributed by atoms with Crippen LogP contribution in [0, 0.1) is 13.8 Å². The molecular formula is C25H31ClN4O2. The van der Waals surface area contributed by atoms with E-state index in [9.17, 15) is 9.59 Å². The molecule has 0 bridgehead atoms. The molecular weight excluding hydrogens is 424 g/mol. The third-order valence-electron chi connectivity index (χ3n) is 5.88. The number of nitrogens with zero attached hydrogens (tertiary/aromatic N) is 2. The van der Waals surface area contributed by atoms with Crippen molar-refractivity contribution < 1.29 is 4.79 Å². The highest BCUT2D eigenvalue weighted by molar-refractivity contribution is 6.33. The number of rotatable bonds is 8. The third-order valence-corrected chi connectivity index (χ3v) is 6.21. The number of carbonyl (C=O) groups is 1. The minimum absolute atomic E-state index is 0.181. The van der Waals surface area contributed by atoms with E-state index >= 15 is 0 Å². The fourth-order valence-corrected chi connectivity index (χ4v) is 3.84. The van der Waals surface area contributed by atoms with E-state index in [4.69, 9.17) is 11.6 Å². The molecule has 6 nitrogen and oxygen atoms in total. The number of aromatic nitrogens is 1. The fraction of sp³-hybridized carbons (Fsp3) is 0.360. The number of pyridine rings is 1. The van der Waals surface area contributed by atoms with Crippen LogP contribution in [0.15, 0.2) is 47.3 Å². The molecule has 0 fully saturated rings. The van der Waals surface area contributed by atoms with E-state index < -0.39 is 0 Å². The van der Waals surface area contributed by atoms with Gasteiger partial charge in [-0.25, -0.2) is 4.79 Å². The topological polar surface area (TPSA) is 68.4 Å². The first-order valence-corrected chi connectivity index (χ1v) is 11.4. The van der Waals surface area contributed by atoms with Gasteiger partial charge in [-0.1, -0.05) is 37.6 Å². The van der Waals surface area contributed by atoms with Crippen LogP contribution in [0.3, 0.4) is 0 Å². The summed E-state index contributed by atoms with van der Waals surface area (Å²) in [5, 5.41) is 4.32. The minimum atomic E-state index is -0.287. The van der Waals surface area contributed by atoms with Crippen molar-refractivity contribution in [2.45, 2.75) is 34.2 Å². The molecule has 2 N–H and O–H groups in total. The van der Waals surface area contributed by atoms with E-state index in [0.717, 1.165) is 35.1 Å². The zero-order valence-electron chi connectivity index (χ0n) is 19.2. The standard InChI is InChI=1S/C25H31ClN4O2/c1-5-29(6-2)11-12-30(25(32)28-22-10-8-7-9-21(22)26)16-20-15-19-13-17(3)18(4)14-23(19)27-24(20)31/h7-10,13-15H,5-6,11-12,16H2,1-4H3,(H,27,31)(H,28,32). The van der Waals surface area contributed by atoms with E-state index in [1.807, 2.05) is 38.1 Å². The zero-order chi connectivity index (χ0) is 23.3. The maximum Gasteiger partial charge on any atom is 0.322 e. The van der Waals surface area contributed by atoms with Gasteiger partial charge in [-0.15, -0.1) is 0 Å². The van der Waals surface area contributed by atoms with Gasteiger partial charge in [-0.2, -0.15) is 0 Å². The number of aromatic amines is 1. The minimum Gasteiger partial charge on any atom is -0.322 e. The average molecular weight is 455 g/mol. The molecule has 0 atom stereocenters. The number of likely N-dealkylation sites (N-methyl/N-ethyl adjacent to an activating group) is 1. The maximum atomic E-state index is 13.2. The summed E-state index contributed by atoms with van der Waals surface area (Å²) in [7, 11) is 0. The number of para-hydroxylation sites is 1. The number of amides is 2. The van der Waals surface area contributed by atoms with Crippen LogP contribution in [0.1, 0.15) is 30.5 Å². The number of fused-ring (bicyclic) bond motifs is 1. The monoisotopic (exact) mass is 454 g/mol. The van der Waals surface area contributed by atoms with E-state index in [1.54, 1.807) is 17.0 Å². The van der Waals surface area contributed by atoms with Crippen molar-refractivity contribution in [3.8, 4) is 0 Å². The second-order valence-corrected chi connectivity index (χ2v) is 8.41. The zero-order valence-corrected chi connectivity index (χ0v) is 19.9. The predicted octanol–water partition coefficient (Wildman–Crippen LogP) is 5.17. The molecule has 0 unspecified atom stereocenters. The van der Waals surface area contributed by atoms with Crippen LogP contribution in [0.5, 0.6) is 0 Å². The van der Waals surface area contributed by atoms with Crippen LogP contribution in [0.4, 0.5) is 10.5 Å². The summed E-state index contributed by atoms with van der Waals surface area (Å²) in [6.07, 6.45) is 0. The summed E-state index contributed by atoms with van der Waals surface area (Å²) >= 11 is 6.23. The summed E-state index contributed by atoms with van der Waals surface area (Å²) in [4.78, 5) is 32.8. The average Bonchev–Trinajstić information content (AvgIpc) is 2.76. The van der Waals surface area contributed by atoms with Crippen molar-refractivity contribution in [1.29, 1.82) is 0 Å². The molecule has 2 aromatic carbocycles. The summed E-state index contributed by atoms with van der Waals surface area (Å²) in [6.45, 7) is 11.5. The molecule has 0 saturated heterocycles. The van der Waals surface area contributed by atoms with Crippen molar-refractivity contribution in [1.82, 2.24) is 14.8 Å². The molecule has 0 aliphatic heterocycles. The van der Waals surface area contributed by atoms with Crippen LogP contribution in [0.2, 0.25) is 5.02 Å². The molecule has 32 heavy (non-hydrogen) atoms. The van der Waals surface area contributed by atoms with Crippen molar-refractivity contribution in [3.05, 3.63) is 74.5 Å². The third kappa shape index (κ3) is 5.69. The number of urea groups is 1. The van der Waals surface area contributed by atoms with Gasteiger partial charge in [0, 0.05) is 24.2 Å². The Bertz CT molecular complexity index is 1150. The predicted molar refractivity (Wildman–Crippen MR) is 133 cm³/mol. The van der Waals surface area contributed by atoms with Crippen molar-refractivity contribution in [2.75, 3.05) is 31.5 Å². The summed E-state index contributed by atoms with van der Waals surface area (Å²) in [5.74, 6) is 0. The molecule has 7 heteroatoms. The molecule has 170 valence electrons. The van der Waals surface area contributed by atoms with E-state index in [1.165, 1.54) is 0 Å². The van der Waals surface area contributed by atoms with E-state index in [-0.39, 0.29) is 18.1 Å². The molecule has 0 aliphatic carbocycles. The second-order valence-electron chi connectivity index (χ2n) is 8.01. The van der Waals surface area contributed by atoms with Gasteiger partial charge in [0.1, 0.15) is 0 Å². The van der Waals surface area contributed by atoms with Crippen LogP contribution in [-0.2, 0) is 6.54 Å². The molecule has 3 rings (SSSR count). The van der Waals surface area contributed by atoms with Crippen LogP contribution >= 0.6 is 11.6 Å². The Balaban J connectivity index is 1.89. The van der Waals surface area contributed by atoms with Crippen LogP contribution in [-0.4, -0.2) is 47.0 Å². The Hall–Kier alpha value is -2.83. The molecule has 1 heterocycles. The first kappa shape index (κ1) is 23.8. The molecule has 2 amide bonds. The number of carbonyl (C=O) groups excluding carboxylic acids is 1. The number of benzene rings is 2. The number of anilines is 1. The number of nitrogens with one attached hydrogen (secondary N) is 2. The van der Waals surface area contributed by atoms with Gasteiger partial charge in [0.2, 0.25) is 0 Å². The molecule has 0 radical (unpaired) electrons. The first-order chi connectivity index (χ1) is 15.3. The summed E-state index contributed by atoms with van der Waals surface area (Å²) in [5.41, 5.74) is 4.00. The number of H-pyrrole nitrogens is 1. The van der Waals surface area contributed by atoms with E-state index in [0.29, 0.717) is 29.4 Å². The Morgan fingerprint density at radius 1 is 1.03 bits per heavy atom. The lowest BCUT2D eigenvalue weighted by atomic mass is 10.0. The number of halogens is 1. The molecule has 1 aromatic heterocycles. The van der Waals surface area contributed by atoms with Crippen LogP contribution in [0.25, 0.3) is 10.9 Å². The summed E-state index contributed by atoms with van der Waals surface area (Å²) < 4.78 is 0. The first-order valence-electron chi connectivity index (χ1n) is 11.0. The number of aryl methyl sites for hydroxylation is 2. The van der Waals surface area contributed by atoms with Gasteiger partial charge in [0.15, 0.2) is 0 Å². The Kier molecular flexibility index (Phi) is 7.94. The molecule has 0 spiro atoms. The van der Waals surface area contributed by atoms with Gasteiger partial charge < -0.3 is 20.1 Å². The van der Waals surface area contributed by atoms with E-state index in [2.05, 4.69) is 35.1 Å². The van der Waals surface area contributed by atoms with Crippen LogP contribution < -0.4 is 10.9 Å².